The molecule has 1 aromatic heterocycles. The predicted octanol–water partition coefficient (Wildman–Crippen LogP) is 5.90. The Morgan fingerprint density at radius 1 is 0.786 bits per heavy atom. The third-order valence-corrected chi connectivity index (χ3v) is 4.76. The molecule has 0 unspecified atom stereocenters. The van der Waals surface area contributed by atoms with Gasteiger partial charge in [0.05, 0.1) is 16.4 Å². The lowest BCUT2D eigenvalue weighted by Crippen LogP contribution is -2.12. The molecule has 3 aromatic carbocycles. The van der Waals surface area contributed by atoms with Crippen LogP contribution in [-0.2, 0) is 13.1 Å². The van der Waals surface area contributed by atoms with Crippen LogP contribution in [0.3, 0.4) is 0 Å². The van der Waals surface area contributed by atoms with Crippen molar-refractivity contribution in [2.75, 3.05) is 0 Å². The van der Waals surface area contributed by atoms with Gasteiger partial charge in [0.1, 0.15) is 0 Å². The summed E-state index contributed by atoms with van der Waals surface area (Å²) in [5.41, 5.74) is 5.26. The first-order valence-electron chi connectivity index (χ1n) is 8.95. The molecular weight excluding hydrogens is 389 g/mol. The van der Waals surface area contributed by atoms with Gasteiger partial charge in [-0.15, -0.1) is 12.4 Å². The monoisotopic (exact) mass is 409 g/mol. The number of rotatable bonds is 6. The van der Waals surface area contributed by atoms with Crippen molar-refractivity contribution in [3.8, 4) is 16.9 Å². The van der Waals surface area contributed by atoms with Gasteiger partial charge in [-0.3, -0.25) is 0 Å². The molecule has 0 saturated carbocycles. The Hall–Kier alpha value is -2.59. The van der Waals surface area contributed by atoms with Gasteiger partial charge in [-0.05, 0) is 23.8 Å². The SMILES string of the molecule is Cl.Clc1ccccc1-c1nn(-c2ccccc2)cc1CNCc1ccccc1. The number of nitrogens with one attached hydrogen (secondary N) is 1. The second kappa shape index (κ2) is 9.56. The smallest absolute Gasteiger partial charge is 0.0987 e. The van der Waals surface area contributed by atoms with Crippen molar-refractivity contribution >= 4 is 24.0 Å². The minimum Gasteiger partial charge on any atom is -0.308 e. The molecule has 4 aromatic rings. The summed E-state index contributed by atoms with van der Waals surface area (Å²) in [7, 11) is 0. The summed E-state index contributed by atoms with van der Waals surface area (Å²) < 4.78 is 1.91. The average Bonchev–Trinajstić information content (AvgIpc) is 3.14. The molecule has 0 bridgehead atoms. The highest BCUT2D eigenvalue weighted by Gasteiger charge is 2.14. The van der Waals surface area contributed by atoms with E-state index in [2.05, 4.69) is 35.8 Å². The van der Waals surface area contributed by atoms with Gasteiger partial charge in [-0.1, -0.05) is 78.3 Å². The van der Waals surface area contributed by atoms with Crippen molar-refractivity contribution in [3.63, 3.8) is 0 Å². The Balaban J connectivity index is 0.00000225. The van der Waals surface area contributed by atoms with E-state index in [0.717, 1.165) is 29.1 Å². The van der Waals surface area contributed by atoms with E-state index in [1.807, 2.05) is 65.3 Å². The number of para-hydroxylation sites is 1. The van der Waals surface area contributed by atoms with Crippen molar-refractivity contribution < 1.29 is 0 Å². The lowest BCUT2D eigenvalue weighted by Gasteiger charge is -2.06. The van der Waals surface area contributed by atoms with Crippen molar-refractivity contribution in [3.05, 3.63) is 107 Å². The maximum atomic E-state index is 6.45. The van der Waals surface area contributed by atoms with Gasteiger partial charge >= 0.3 is 0 Å². The molecule has 0 amide bonds. The number of hydrogen-bond donors (Lipinski definition) is 1. The molecule has 4 rings (SSSR count). The van der Waals surface area contributed by atoms with Crippen LogP contribution in [0.1, 0.15) is 11.1 Å². The highest BCUT2D eigenvalue weighted by Crippen LogP contribution is 2.30. The largest absolute Gasteiger partial charge is 0.308 e. The molecule has 0 spiro atoms. The molecule has 0 atom stereocenters. The van der Waals surface area contributed by atoms with E-state index in [1.54, 1.807) is 0 Å². The normalized spacial score (nSPS) is 10.5. The summed E-state index contributed by atoms with van der Waals surface area (Å²) in [5, 5.41) is 9.05. The second-order valence-corrected chi connectivity index (χ2v) is 6.76. The number of benzene rings is 3. The van der Waals surface area contributed by atoms with Gasteiger partial charge in [0.2, 0.25) is 0 Å². The molecule has 1 heterocycles. The lowest BCUT2D eigenvalue weighted by molar-refractivity contribution is 0.694. The van der Waals surface area contributed by atoms with Crippen molar-refractivity contribution in [1.82, 2.24) is 15.1 Å². The minimum atomic E-state index is 0. The number of halogens is 2. The van der Waals surface area contributed by atoms with Gasteiger partial charge < -0.3 is 5.32 Å². The quantitative estimate of drug-likeness (QED) is 0.429. The van der Waals surface area contributed by atoms with E-state index in [9.17, 15) is 0 Å². The fourth-order valence-electron chi connectivity index (χ4n) is 3.07. The Morgan fingerprint density at radius 3 is 2.14 bits per heavy atom. The first kappa shape index (κ1) is 20.2. The highest BCUT2D eigenvalue weighted by atomic mass is 35.5. The van der Waals surface area contributed by atoms with E-state index in [0.29, 0.717) is 11.6 Å². The van der Waals surface area contributed by atoms with E-state index in [4.69, 9.17) is 16.7 Å². The first-order chi connectivity index (χ1) is 13.3. The average molecular weight is 410 g/mol. The maximum Gasteiger partial charge on any atom is 0.0987 e. The molecule has 0 aliphatic heterocycles. The van der Waals surface area contributed by atoms with Gasteiger partial charge in [0.15, 0.2) is 0 Å². The van der Waals surface area contributed by atoms with Crippen molar-refractivity contribution in [1.29, 1.82) is 0 Å². The van der Waals surface area contributed by atoms with Crippen LogP contribution < -0.4 is 5.32 Å². The van der Waals surface area contributed by atoms with Crippen LogP contribution in [0.25, 0.3) is 16.9 Å². The Labute approximate surface area is 176 Å². The molecular formula is C23H21Cl2N3. The van der Waals surface area contributed by atoms with Crippen LogP contribution in [0.15, 0.2) is 91.1 Å². The molecule has 0 radical (unpaired) electrons. The summed E-state index contributed by atoms with van der Waals surface area (Å²) >= 11 is 6.45. The van der Waals surface area contributed by atoms with E-state index in [-0.39, 0.29) is 12.4 Å². The zero-order valence-electron chi connectivity index (χ0n) is 15.3. The first-order valence-corrected chi connectivity index (χ1v) is 9.32. The Kier molecular flexibility index (Phi) is 6.88. The summed E-state index contributed by atoms with van der Waals surface area (Å²) in [6.07, 6.45) is 2.08. The maximum absolute atomic E-state index is 6.45. The summed E-state index contributed by atoms with van der Waals surface area (Å²) in [4.78, 5) is 0. The third kappa shape index (κ3) is 4.63. The van der Waals surface area contributed by atoms with Gasteiger partial charge in [-0.2, -0.15) is 5.10 Å². The van der Waals surface area contributed by atoms with E-state index >= 15 is 0 Å². The van der Waals surface area contributed by atoms with Crippen LogP contribution in [0, 0.1) is 0 Å². The summed E-state index contributed by atoms with van der Waals surface area (Å²) in [5.74, 6) is 0. The Bertz CT molecular complexity index is 1010. The molecule has 3 nitrogen and oxygen atoms in total. The number of nitrogens with zero attached hydrogens (tertiary/aromatic N) is 2. The summed E-state index contributed by atoms with van der Waals surface area (Å²) in [6, 6.07) is 28.4. The van der Waals surface area contributed by atoms with E-state index < -0.39 is 0 Å². The molecule has 0 aliphatic rings. The fraction of sp³-hybridized carbons (Fsp3) is 0.0870. The van der Waals surface area contributed by atoms with Crippen LogP contribution >= 0.6 is 24.0 Å². The zero-order valence-corrected chi connectivity index (χ0v) is 16.8. The minimum absolute atomic E-state index is 0. The summed E-state index contributed by atoms with van der Waals surface area (Å²) in [6.45, 7) is 1.52. The van der Waals surface area contributed by atoms with Crippen LogP contribution in [0.4, 0.5) is 0 Å². The highest BCUT2D eigenvalue weighted by molar-refractivity contribution is 6.33. The van der Waals surface area contributed by atoms with Crippen molar-refractivity contribution in [2.24, 2.45) is 0 Å². The van der Waals surface area contributed by atoms with Crippen LogP contribution in [-0.4, -0.2) is 9.78 Å². The molecule has 28 heavy (non-hydrogen) atoms. The molecule has 142 valence electrons. The zero-order chi connectivity index (χ0) is 18.5. The van der Waals surface area contributed by atoms with Gasteiger partial charge in [-0.25, -0.2) is 4.68 Å². The van der Waals surface area contributed by atoms with Gasteiger partial charge in [0, 0.05) is 30.4 Å². The molecule has 0 aliphatic carbocycles. The topological polar surface area (TPSA) is 29.9 Å². The standard InChI is InChI=1S/C23H20ClN3.ClH/c24-22-14-8-7-13-21(22)23-19(16-25-15-18-9-3-1-4-10-18)17-27(26-23)20-11-5-2-6-12-20;/h1-14,17,25H,15-16H2;1H. The van der Waals surface area contributed by atoms with Crippen LogP contribution in [0.5, 0.6) is 0 Å². The fourth-order valence-corrected chi connectivity index (χ4v) is 3.29. The van der Waals surface area contributed by atoms with Gasteiger partial charge in [0.25, 0.3) is 0 Å². The Morgan fingerprint density at radius 2 is 1.43 bits per heavy atom. The second-order valence-electron chi connectivity index (χ2n) is 6.35. The van der Waals surface area contributed by atoms with E-state index in [1.165, 1.54) is 5.56 Å². The predicted molar refractivity (Wildman–Crippen MR) is 118 cm³/mol. The molecule has 0 fully saturated rings. The molecule has 1 N–H and O–H groups in total. The molecule has 0 saturated heterocycles. The number of aromatic nitrogens is 2. The third-order valence-electron chi connectivity index (χ3n) is 4.43. The van der Waals surface area contributed by atoms with Crippen molar-refractivity contribution in [2.45, 2.75) is 13.1 Å². The lowest BCUT2D eigenvalue weighted by atomic mass is 10.1. The molecule has 5 heteroatoms. The van der Waals surface area contributed by atoms with Crippen LogP contribution in [0.2, 0.25) is 5.02 Å². The number of hydrogen-bond acceptors (Lipinski definition) is 2.